The Morgan fingerprint density at radius 1 is 1.33 bits per heavy atom. The summed E-state index contributed by atoms with van der Waals surface area (Å²) < 4.78 is 12.9. The molecular formula is C15H22FNO. The first-order valence-electron chi connectivity index (χ1n) is 6.88. The van der Waals surface area contributed by atoms with Crippen molar-refractivity contribution in [2.75, 3.05) is 0 Å². The Morgan fingerprint density at radius 3 is 2.56 bits per heavy atom. The summed E-state index contributed by atoms with van der Waals surface area (Å²) in [5.41, 5.74) is 1.14. The minimum atomic E-state index is -0.188. The molecule has 0 bridgehead atoms. The lowest BCUT2D eigenvalue weighted by molar-refractivity contribution is 0.0570. The van der Waals surface area contributed by atoms with Crippen LogP contribution < -0.4 is 5.32 Å². The minimum Gasteiger partial charge on any atom is -0.393 e. The van der Waals surface area contributed by atoms with E-state index in [9.17, 15) is 9.50 Å². The second kappa shape index (κ2) is 6.30. The highest BCUT2D eigenvalue weighted by atomic mass is 19.1. The molecule has 0 saturated heterocycles. The summed E-state index contributed by atoms with van der Waals surface area (Å²) in [5, 5.41) is 12.9. The van der Waals surface area contributed by atoms with Gasteiger partial charge in [-0.15, -0.1) is 0 Å². The molecule has 0 amide bonds. The number of hydrogen-bond donors (Lipinski definition) is 2. The van der Waals surface area contributed by atoms with Crippen molar-refractivity contribution in [3.05, 3.63) is 35.6 Å². The van der Waals surface area contributed by atoms with E-state index in [-0.39, 0.29) is 18.0 Å². The van der Waals surface area contributed by atoms with Crippen LogP contribution in [-0.2, 0) is 0 Å². The number of halogens is 1. The fraction of sp³-hybridized carbons (Fsp3) is 0.600. The summed E-state index contributed by atoms with van der Waals surface area (Å²) in [6.45, 7) is 2.18. The standard InChI is InChI=1S/C15H22FNO/c1-2-3-4-15(17-13-9-14(18)10-13)11-5-7-12(16)8-6-11/h5-8,13-15,17-18H,2-4,9-10H2,1H3. The Bertz CT molecular complexity index is 359. The van der Waals surface area contributed by atoms with E-state index in [0.717, 1.165) is 37.7 Å². The van der Waals surface area contributed by atoms with Gasteiger partial charge >= 0.3 is 0 Å². The van der Waals surface area contributed by atoms with E-state index >= 15 is 0 Å². The van der Waals surface area contributed by atoms with Crippen LogP contribution >= 0.6 is 0 Å². The van der Waals surface area contributed by atoms with Gasteiger partial charge in [0.05, 0.1) is 6.10 Å². The Morgan fingerprint density at radius 2 is 2.00 bits per heavy atom. The average Bonchev–Trinajstić information content (AvgIpc) is 2.33. The highest BCUT2D eigenvalue weighted by Crippen LogP contribution is 2.26. The Balaban J connectivity index is 1.97. The lowest BCUT2D eigenvalue weighted by Crippen LogP contribution is -2.45. The lowest BCUT2D eigenvalue weighted by Gasteiger charge is -2.35. The third-order valence-corrected chi connectivity index (χ3v) is 3.67. The summed E-state index contributed by atoms with van der Waals surface area (Å²) in [7, 11) is 0. The molecule has 2 rings (SSSR count). The number of rotatable bonds is 6. The molecule has 0 aromatic heterocycles. The molecule has 0 heterocycles. The molecule has 0 aliphatic heterocycles. The maximum Gasteiger partial charge on any atom is 0.123 e. The molecule has 100 valence electrons. The molecule has 2 N–H and O–H groups in total. The van der Waals surface area contributed by atoms with Crippen LogP contribution in [0.5, 0.6) is 0 Å². The zero-order valence-electron chi connectivity index (χ0n) is 10.9. The summed E-state index contributed by atoms with van der Waals surface area (Å²) in [6, 6.07) is 7.45. The zero-order chi connectivity index (χ0) is 13.0. The van der Waals surface area contributed by atoms with Crippen molar-refractivity contribution >= 4 is 0 Å². The van der Waals surface area contributed by atoms with Crippen LogP contribution in [0.1, 0.15) is 50.6 Å². The second-order valence-electron chi connectivity index (χ2n) is 5.24. The number of hydrogen-bond acceptors (Lipinski definition) is 2. The van der Waals surface area contributed by atoms with Gasteiger partial charge in [0.25, 0.3) is 0 Å². The molecule has 1 saturated carbocycles. The van der Waals surface area contributed by atoms with E-state index in [0.29, 0.717) is 6.04 Å². The number of unbranched alkanes of at least 4 members (excludes halogenated alkanes) is 1. The fourth-order valence-electron chi connectivity index (χ4n) is 2.46. The molecule has 1 unspecified atom stereocenters. The number of benzene rings is 1. The van der Waals surface area contributed by atoms with Gasteiger partial charge in [-0.05, 0) is 37.0 Å². The van der Waals surface area contributed by atoms with Crippen molar-refractivity contribution < 1.29 is 9.50 Å². The minimum absolute atomic E-state index is 0.137. The SMILES string of the molecule is CCCCC(NC1CC(O)C1)c1ccc(F)cc1. The first-order chi connectivity index (χ1) is 8.69. The van der Waals surface area contributed by atoms with Gasteiger partial charge in [0.2, 0.25) is 0 Å². The van der Waals surface area contributed by atoms with Crippen LogP contribution in [0, 0.1) is 5.82 Å². The van der Waals surface area contributed by atoms with Crippen molar-refractivity contribution in [1.82, 2.24) is 5.32 Å². The van der Waals surface area contributed by atoms with Gasteiger partial charge in [0.15, 0.2) is 0 Å². The maximum absolute atomic E-state index is 12.9. The summed E-state index contributed by atoms with van der Waals surface area (Å²) in [5.74, 6) is -0.188. The fourth-order valence-corrected chi connectivity index (χ4v) is 2.46. The Labute approximate surface area is 108 Å². The van der Waals surface area contributed by atoms with E-state index in [1.807, 2.05) is 12.1 Å². The third kappa shape index (κ3) is 3.53. The van der Waals surface area contributed by atoms with Crippen molar-refractivity contribution in [2.45, 2.75) is 57.2 Å². The van der Waals surface area contributed by atoms with E-state index < -0.39 is 0 Å². The number of aliphatic hydroxyl groups is 1. The van der Waals surface area contributed by atoms with Gasteiger partial charge in [-0.1, -0.05) is 31.9 Å². The van der Waals surface area contributed by atoms with Crippen molar-refractivity contribution in [3.8, 4) is 0 Å². The van der Waals surface area contributed by atoms with Crippen molar-refractivity contribution in [1.29, 1.82) is 0 Å². The van der Waals surface area contributed by atoms with Gasteiger partial charge in [-0.2, -0.15) is 0 Å². The Hall–Kier alpha value is -0.930. The van der Waals surface area contributed by atoms with Gasteiger partial charge in [-0.25, -0.2) is 4.39 Å². The van der Waals surface area contributed by atoms with Gasteiger partial charge in [0.1, 0.15) is 5.82 Å². The summed E-state index contributed by atoms with van der Waals surface area (Å²) in [6.07, 6.45) is 4.92. The monoisotopic (exact) mass is 251 g/mol. The topological polar surface area (TPSA) is 32.3 Å². The molecule has 0 radical (unpaired) electrons. The molecule has 18 heavy (non-hydrogen) atoms. The highest BCUT2D eigenvalue weighted by Gasteiger charge is 2.29. The van der Waals surface area contributed by atoms with E-state index in [1.54, 1.807) is 0 Å². The largest absolute Gasteiger partial charge is 0.393 e. The molecule has 1 aliphatic rings. The average molecular weight is 251 g/mol. The molecule has 3 heteroatoms. The Kier molecular flexibility index (Phi) is 4.72. The quantitative estimate of drug-likeness (QED) is 0.814. The molecule has 1 atom stereocenters. The molecule has 1 aromatic rings. The van der Waals surface area contributed by atoms with Gasteiger partial charge in [-0.3, -0.25) is 0 Å². The van der Waals surface area contributed by atoms with Crippen LogP contribution in [0.15, 0.2) is 24.3 Å². The van der Waals surface area contributed by atoms with E-state index in [1.165, 1.54) is 12.1 Å². The van der Waals surface area contributed by atoms with Crippen molar-refractivity contribution in [2.24, 2.45) is 0 Å². The third-order valence-electron chi connectivity index (χ3n) is 3.67. The molecule has 2 nitrogen and oxygen atoms in total. The second-order valence-corrected chi connectivity index (χ2v) is 5.24. The lowest BCUT2D eigenvalue weighted by atomic mass is 9.87. The van der Waals surface area contributed by atoms with Crippen LogP contribution in [0.4, 0.5) is 4.39 Å². The van der Waals surface area contributed by atoms with Crippen molar-refractivity contribution in [3.63, 3.8) is 0 Å². The first-order valence-corrected chi connectivity index (χ1v) is 6.88. The predicted molar refractivity (Wildman–Crippen MR) is 70.8 cm³/mol. The smallest absolute Gasteiger partial charge is 0.123 e. The number of nitrogens with one attached hydrogen (secondary N) is 1. The molecule has 1 aliphatic carbocycles. The number of aliphatic hydroxyl groups excluding tert-OH is 1. The molecular weight excluding hydrogens is 229 g/mol. The normalized spacial score (nSPS) is 24.6. The maximum atomic E-state index is 12.9. The highest BCUT2D eigenvalue weighted by molar-refractivity contribution is 5.20. The summed E-state index contributed by atoms with van der Waals surface area (Å²) in [4.78, 5) is 0. The predicted octanol–water partition coefficient (Wildman–Crippen LogP) is 3.17. The molecule has 0 spiro atoms. The van der Waals surface area contributed by atoms with Crippen LogP contribution in [0.25, 0.3) is 0 Å². The molecule has 1 fully saturated rings. The van der Waals surface area contributed by atoms with Gasteiger partial charge in [0, 0.05) is 12.1 Å². The van der Waals surface area contributed by atoms with Crippen LogP contribution in [0.2, 0.25) is 0 Å². The van der Waals surface area contributed by atoms with E-state index in [2.05, 4.69) is 12.2 Å². The first kappa shape index (κ1) is 13.5. The van der Waals surface area contributed by atoms with Crippen LogP contribution in [0.3, 0.4) is 0 Å². The summed E-state index contributed by atoms with van der Waals surface area (Å²) >= 11 is 0. The van der Waals surface area contributed by atoms with E-state index in [4.69, 9.17) is 0 Å². The van der Waals surface area contributed by atoms with Gasteiger partial charge < -0.3 is 10.4 Å². The molecule has 1 aromatic carbocycles. The zero-order valence-corrected chi connectivity index (χ0v) is 10.9. The van der Waals surface area contributed by atoms with Crippen LogP contribution in [-0.4, -0.2) is 17.3 Å².